The molecule has 0 saturated heterocycles. The third kappa shape index (κ3) is 3.89. The molecule has 0 aliphatic carbocycles. The van der Waals surface area contributed by atoms with Gasteiger partial charge < -0.3 is 17.0 Å². The minimum atomic E-state index is 0. The Balaban J connectivity index is 0.00000162. The molecule has 0 radical (unpaired) electrons. The van der Waals surface area contributed by atoms with Crippen molar-refractivity contribution in [3.8, 4) is 0 Å². The zero-order valence-electron chi connectivity index (χ0n) is 9.79. The number of hydrogen-bond acceptors (Lipinski definition) is 1. The minimum Gasteiger partial charge on any atom is -1.00 e. The second-order valence-electron chi connectivity index (χ2n) is 3.72. The zero-order valence-corrected chi connectivity index (χ0v) is 12.2. The first-order valence-electron chi connectivity index (χ1n) is 5.42. The van der Waals surface area contributed by atoms with Crippen LogP contribution >= 0.6 is 11.8 Å². The smallest absolute Gasteiger partial charge is 0.300 e. The van der Waals surface area contributed by atoms with Gasteiger partial charge in [-0.2, -0.15) is 0 Å². The van der Waals surface area contributed by atoms with Crippen LogP contribution in [-0.4, -0.2) is 5.17 Å². The summed E-state index contributed by atoms with van der Waals surface area (Å²) in [5.74, 6) is 0. The van der Waals surface area contributed by atoms with Crippen LogP contribution in [0.2, 0.25) is 0 Å². The van der Waals surface area contributed by atoms with E-state index in [4.69, 9.17) is 11.1 Å². The Labute approximate surface area is 122 Å². The third-order valence-electron chi connectivity index (χ3n) is 2.46. The zero-order chi connectivity index (χ0) is 12.1. The monoisotopic (exact) mass is 322 g/mol. The van der Waals surface area contributed by atoms with Crippen molar-refractivity contribution in [3.63, 3.8) is 0 Å². The maximum Gasteiger partial charge on any atom is 0.300 e. The summed E-state index contributed by atoms with van der Waals surface area (Å²) >= 11 is 1.48. The summed E-state index contributed by atoms with van der Waals surface area (Å²) in [5.41, 5.74) is 8.04. The third-order valence-corrected chi connectivity index (χ3v) is 3.51. The van der Waals surface area contributed by atoms with Gasteiger partial charge in [-0.3, -0.25) is 11.1 Å². The van der Waals surface area contributed by atoms with E-state index >= 15 is 0 Å². The van der Waals surface area contributed by atoms with Crippen LogP contribution in [0.5, 0.6) is 0 Å². The van der Waals surface area contributed by atoms with Crippen LogP contribution in [0.25, 0.3) is 0 Å². The summed E-state index contributed by atoms with van der Waals surface area (Å²) in [6.45, 7) is 0. The van der Waals surface area contributed by atoms with Gasteiger partial charge in [0.05, 0.1) is 5.25 Å². The lowest BCUT2D eigenvalue weighted by Crippen LogP contribution is -3.00. The fourth-order valence-corrected chi connectivity index (χ4v) is 2.58. The van der Waals surface area contributed by atoms with Crippen molar-refractivity contribution in [2.75, 3.05) is 0 Å². The van der Waals surface area contributed by atoms with Crippen LogP contribution in [0, 0.1) is 0 Å². The summed E-state index contributed by atoms with van der Waals surface area (Å²) in [6.07, 6.45) is 0. The normalized spacial score (nSPS) is 9.83. The van der Waals surface area contributed by atoms with Crippen LogP contribution in [0.1, 0.15) is 16.4 Å². The number of rotatable bonds is 3. The van der Waals surface area contributed by atoms with Gasteiger partial charge in [0.25, 0.3) is 0 Å². The number of hydrogen-bond donors (Lipinski definition) is 2. The molecule has 4 heteroatoms. The number of benzene rings is 2. The quantitative estimate of drug-likeness (QED) is 0.539. The van der Waals surface area contributed by atoms with Gasteiger partial charge in [-0.05, 0) is 22.9 Å². The molecular weight excluding hydrogens is 308 g/mol. The lowest BCUT2D eigenvalue weighted by atomic mass is 10.0. The molecule has 0 bridgehead atoms. The molecule has 94 valence electrons. The topological polar surface area (TPSA) is 51.6 Å². The van der Waals surface area contributed by atoms with Gasteiger partial charge in [-0.15, -0.1) is 0 Å². The summed E-state index contributed by atoms with van der Waals surface area (Å²) in [4.78, 5) is 0. The Morgan fingerprint density at radius 1 is 0.889 bits per heavy atom. The molecule has 0 saturated carbocycles. The van der Waals surface area contributed by atoms with Gasteiger partial charge in [0.2, 0.25) is 0 Å². The summed E-state index contributed by atoms with van der Waals surface area (Å²) in [7, 11) is 0. The molecule has 2 rings (SSSR count). The first-order chi connectivity index (χ1) is 8.27. The van der Waals surface area contributed by atoms with E-state index < -0.39 is 0 Å². The van der Waals surface area contributed by atoms with E-state index in [1.807, 2.05) is 36.4 Å². The Hall–Kier alpha value is -1.26. The molecule has 2 nitrogen and oxygen atoms in total. The van der Waals surface area contributed by atoms with Crippen molar-refractivity contribution in [2.45, 2.75) is 5.25 Å². The number of halogens is 1. The van der Waals surface area contributed by atoms with E-state index in [1.54, 1.807) is 0 Å². The van der Waals surface area contributed by atoms with Gasteiger partial charge in [-0.25, -0.2) is 0 Å². The summed E-state index contributed by atoms with van der Waals surface area (Å²) in [5, 5.41) is 6.17. The molecule has 2 aromatic carbocycles. The van der Waals surface area contributed by atoms with Crippen LogP contribution in [-0.2, 0) is 0 Å². The highest BCUT2D eigenvalue weighted by Gasteiger charge is 2.17. The van der Waals surface area contributed by atoms with Crippen molar-refractivity contribution in [2.24, 2.45) is 5.73 Å². The summed E-state index contributed by atoms with van der Waals surface area (Å²) in [6, 6.07) is 20.5. The van der Waals surface area contributed by atoms with E-state index in [1.165, 1.54) is 22.9 Å². The Kier molecular flexibility index (Phi) is 5.95. The Morgan fingerprint density at radius 2 is 1.28 bits per heavy atom. The fraction of sp³-hybridized carbons (Fsp3) is 0.0714. The maximum absolute atomic E-state index is 5.63. The van der Waals surface area contributed by atoms with Crippen LogP contribution in [0.15, 0.2) is 60.7 Å². The highest BCUT2D eigenvalue weighted by atomic mass is 79.9. The van der Waals surface area contributed by atoms with Gasteiger partial charge >= 0.3 is 5.17 Å². The number of nitrogens with two attached hydrogens (primary N) is 2. The van der Waals surface area contributed by atoms with Gasteiger partial charge in [0.1, 0.15) is 0 Å². The van der Waals surface area contributed by atoms with Crippen molar-refractivity contribution in [1.82, 2.24) is 0 Å². The van der Waals surface area contributed by atoms with E-state index in [0.717, 1.165) is 0 Å². The second kappa shape index (κ2) is 7.24. The fourth-order valence-electron chi connectivity index (χ4n) is 1.72. The molecule has 0 heterocycles. The predicted molar refractivity (Wildman–Crippen MR) is 73.4 cm³/mol. The van der Waals surface area contributed by atoms with E-state index in [2.05, 4.69) is 24.3 Å². The lowest BCUT2D eigenvalue weighted by Gasteiger charge is -2.14. The molecule has 2 aromatic rings. The second-order valence-corrected chi connectivity index (χ2v) is 4.90. The maximum atomic E-state index is 5.63. The van der Waals surface area contributed by atoms with Crippen molar-refractivity contribution < 1.29 is 22.4 Å². The molecule has 0 amide bonds. The molecule has 0 spiro atoms. The van der Waals surface area contributed by atoms with Crippen molar-refractivity contribution >= 4 is 16.9 Å². The average Bonchev–Trinajstić information content (AvgIpc) is 2.38. The van der Waals surface area contributed by atoms with Gasteiger partial charge in [0.15, 0.2) is 0 Å². The standard InChI is InChI=1S/C14H14N2S.BrH/c15-14(16)17-13(11-7-3-1-4-8-11)12-9-5-2-6-10-12;/h1-10,13H,(H3,15,16);1H. The first-order valence-corrected chi connectivity index (χ1v) is 6.30. The molecule has 0 unspecified atom stereocenters. The minimum absolute atomic E-state index is 0. The highest BCUT2D eigenvalue weighted by Crippen LogP contribution is 2.34. The molecule has 4 N–H and O–H groups in total. The average molecular weight is 323 g/mol. The Bertz CT molecular complexity index is 448. The predicted octanol–water partition coefficient (Wildman–Crippen LogP) is -1.41. The highest BCUT2D eigenvalue weighted by molar-refractivity contribution is 8.13. The molecule has 18 heavy (non-hydrogen) atoms. The van der Waals surface area contributed by atoms with Gasteiger partial charge in [0, 0.05) is 0 Å². The summed E-state index contributed by atoms with van der Waals surface area (Å²) < 4.78 is 0. The Morgan fingerprint density at radius 3 is 1.61 bits per heavy atom. The van der Waals surface area contributed by atoms with E-state index in [0.29, 0.717) is 5.17 Å². The van der Waals surface area contributed by atoms with Crippen LogP contribution in [0.3, 0.4) is 0 Å². The molecule has 0 atom stereocenters. The van der Waals surface area contributed by atoms with Gasteiger partial charge in [-0.1, -0.05) is 60.7 Å². The number of thioether (sulfide) groups is 1. The molecule has 0 aliphatic rings. The molecular formula is C14H15BrN2S. The molecule has 0 aromatic heterocycles. The SMILES string of the molecule is NC(=[NH2+])SC(c1ccccc1)c1ccccc1.[Br-]. The van der Waals surface area contributed by atoms with Crippen LogP contribution in [0.4, 0.5) is 0 Å². The van der Waals surface area contributed by atoms with Crippen LogP contribution < -0.4 is 28.1 Å². The van der Waals surface area contributed by atoms with Crippen molar-refractivity contribution in [1.29, 1.82) is 0 Å². The van der Waals surface area contributed by atoms with E-state index in [9.17, 15) is 0 Å². The molecule has 0 fully saturated rings. The molecule has 0 aliphatic heterocycles. The van der Waals surface area contributed by atoms with Crippen molar-refractivity contribution in [3.05, 3.63) is 71.8 Å². The first kappa shape index (κ1) is 14.8. The number of amidine groups is 1. The van der Waals surface area contributed by atoms with E-state index in [-0.39, 0.29) is 22.2 Å². The largest absolute Gasteiger partial charge is 1.00 e. The lowest BCUT2D eigenvalue weighted by molar-refractivity contribution is -0.110.